The number of rotatable bonds is 7. The smallest absolute Gasteiger partial charge is 0.425 e. The highest BCUT2D eigenvalue weighted by atomic mass is 79.9. The number of ether oxygens (including phenoxy) is 5. The van der Waals surface area contributed by atoms with E-state index in [4.69, 9.17) is 23.7 Å². The van der Waals surface area contributed by atoms with Crippen molar-refractivity contribution in [3.63, 3.8) is 0 Å². The molecule has 1 unspecified atom stereocenters. The van der Waals surface area contributed by atoms with Gasteiger partial charge in [0.2, 0.25) is 0 Å². The van der Waals surface area contributed by atoms with Crippen LogP contribution in [0.3, 0.4) is 0 Å². The minimum atomic E-state index is -1.40. The second-order valence-electron chi connectivity index (χ2n) is 15.0. The van der Waals surface area contributed by atoms with Crippen molar-refractivity contribution >= 4 is 62.8 Å². The molecule has 1 atom stereocenters. The Morgan fingerprint density at radius 3 is 2.06 bits per heavy atom. The number of nitrogens with one attached hydrogen (secondary N) is 1. The number of halogens is 1. The van der Waals surface area contributed by atoms with E-state index in [1.807, 2.05) is 11.0 Å². The zero-order chi connectivity index (χ0) is 38.1. The first-order chi connectivity index (χ1) is 23.6. The van der Waals surface area contributed by atoms with Gasteiger partial charge in [0, 0.05) is 23.0 Å². The highest BCUT2D eigenvalue weighted by Crippen LogP contribution is 2.41. The predicted molar refractivity (Wildman–Crippen MR) is 191 cm³/mol. The lowest BCUT2D eigenvalue weighted by molar-refractivity contribution is -0.147. The summed E-state index contributed by atoms with van der Waals surface area (Å²) >= 11 is 3.68. The van der Waals surface area contributed by atoms with Gasteiger partial charge >= 0.3 is 24.2 Å². The van der Waals surface area contributed by atoms with E-state index in [0.29, 0.717) is 33.0 Å². The molecule has 3 amide bonds. The largest absolute Gasteiger partial charge is 0.495 e. The molecule has 0 saturated carbocycles. The van der Waals surface area contributed by atoms with E-state index in [2.05, 4.69) is 36.2 Å². The molecule has 17 heteroatoms. The number of hydrogen-bond donors (Lipinski definition) is 1. The summed E-state index contributed by atoms with van der Waals surface area (Å²) in [4.78, 5) is 68.7. The number of fused-ring (bicyclic) bond motifs is 1. The molecule has 2 aromatic heterocycles. The molecule has 1 aromatic carbocycles. The maximum absolute atomic E-state index is 13.4. The van der Waals surface area contributed by atoms with Crippen LogP contribution in [-0.2, 0) is 30.3 Å². The first-order valence-corrected chi connectivity index (χ1v) is 17.0. The van der Waals surface area contributed by atoms with Gasteiger partial charge in [-0.2, -0.15) is 4.90 Å². The predicted octanol–water partition coefficient (Wildman–Crippen LogP) is 5.97. The number of methoxy groups -OCH3 is 2. The molecule has 278 valence electrons. The molecule has 3 aromatic rings. The third-order valence-corrected chi connectivity index (χ3v) is 8.13. The van der Waals surface area contributed by atoms with Crippen molar-refractivity contribution in [3.8, 4) is 5.75 Å². The first-order valence-electron chi connectivity index (χ1n) is 16.2. The fraction of sp³-hybridized carbons (Fsp3) is 0.559. The Morgan fingerprint density at radius 1 is 0.902 bits per heavy atom. The molecule has 0 spiro atoms. The summed E-state index contributed by atoms with van der Waals surface area (Å²) in [6.07, 6.45) is 0.215. The summed E-state index contributed by atoms with van der Waals surface area (Å²) in [6.45, 7) is 15.8. The SMILES string of the molecule is COC(=O)C1(NC(=O)OC(C)(C)C)CCN(c2c(OC)ccc(Br)c2Cn2cnc3c(N(C(=O)OC(C)(C)C)C(=O)OC(C)(C)C)ncnc32)C1. The Kier molecular flexibility index (Phi) is 11.1. The minimum absolute atomic E-state index is 0.0520. The zero-order valence-electron chi connectivity index (χ0n) is 30.9. The molecular weight excluding hydrogens is 730 g/mol. The van der Waals surface area contributed by atoms with Gasteiger partial charge in [-0.3, -0.25) is 0 Å². The number of anilines is 2. The Bertz CT molecular complexity index is 1780. The van der Waals surface area contributed by atoms with E-state index in [-0.39, 0.29) is 30.8 Å². The molecule has 51 heavy (non-hydrogen) atoms. The highest BCUT2D eigenvalue weighted by molar-refractivity contribution is 9.10. The number of amides is 3. The fourth-order valence-electron chi connectivity index (χ4n) is 5.45. The van der Waals surface area contributed by atoms with Crippen molar-refractivity contribution < 1.29 is 42.9 Å². The van der Waals surface area contributed by atoms with Gasteiger partial charge in [0.1, 0.15) is 28.9 Å². The molecule has 0 radical (unpaired) electrons. The Hall–Kier alpha value is -4.67. The van der Waals surface area contributed by atoms with E-state index in [1.165, 1.54) is 26.9 Å². The standard InChI is InChI=1S/C34H46BrN7O9/c1-31(2,3)49-28(44)39-34(27(43)48-11)14-15-40(17-34)24-20(21(35)12-13-22(24)47-10)16-41-19-38-23-25(41)36-18-37-26(23)42(29(45)50-32(4,5)6)30(46)51-33(7,8)9/h12-13,18-19H,14-17H2,1-11H3,(H,39,44). The summed E-state index contributed by atoms with van der Waals surface area (Å²) in [7, 11) is 2.80. The van der Waals surface area contributed by atoms with Crippen LogP contribution in [0, 0.1) is 0 Å². The molecule has 3 heterocycles. The number of imide groups is 1. The van der Waals surface area contributed by atoms with Gasteiger partial charge in [-0.1, -0.05) is 15.9 Å². The Balaban J connectivity index is 1.77. The number of hydrogen-bond acceptors (Lipinski definition) is 13. The van der Waals surface area contributed by atoms with Crippen molar-refractivity contribution in [1.82, 2.24) is 24.8 Å². The Morgan fingerprint density at radius 2 is 1.51 bits per heavy atom. The molecule has 1 N–H and O–H groups in total. The number of alkyl carbamates (subject to hydrolysis) is 1. The minimum Gasteiger partial charge on any atom is -0.495 e. The molecule has 4 rings (SSSR count). The van der Waals surface area contributed by atoms with Crippen LogP contribution in [0.15, 0.2) is 29.3 Å². The lowest BCUT2D eigenvalue weighted by Crippen LogP contribution is -2.57. The molecule has 0 bridgehead atoms. The molecular formula is C34H46BrN7O9. The third-order valence-electron chi connectivity index (χ3n) is 7.38. The first kappa shape index (κ1) is 39.1. The average Bonchev–Trinajstić information content (AvgIpc) is 3.60. The van der Waals surface area contributed by atoms with Gasteiger partial charge in [-0.15, -0.1) is 0 Å². The molecule has 1 aliphatic heterocycles. The van der Waals surface area contributed by atoms with Crippen molar-refractivity contribution in [2.24, 2.45) is 0 Å². The van der Waals surface area contributed by atoms with Gasteiger partial charge in [-0.25, -0.2) is 34.1 Å². The van der Waals surface area contributed by atoms with Crippen molar-refractivity contribution in [2.75, 3.05) is 37.1 Å². The maximum Gasteiger partial charge on any atom is 0.425 e. The summed E-state index contributed by atoms with van der Waals surface area (Å²) in [5.41, 5.74) is -2.24. The highest BCUT2D eigenvalue weighted by Gasteiger charge is 2.49. The number of benzene rings is 1. The van der Waals surface area contributed by atoms with Crippen LogP contribution < -0.4 is 19.9 Å². The number of carbonyl (C=O) groups is 4. The van der Waals surface area contributed by atoms with Crippen LogP contribution in [0.5, 0.6) is 5.75 Å². The summed E-state index contributed by atoms with van der Waals surface area (Å²) < 4.78 is 29.9. The second-order valence-corrected chi connectivity index (χ2v) is 15.8. The second kappa shape index (κ2) is 14.5. The Labute approximate surface area is 305 Å². The van der Waals surface area contributed by atoms with Crippen molar-refractivity contribution in [1.29, 1.82) is 0 Å². The van der Waals surface area contributed by atoms with Gasteiger partial charge < -0.3 is 38.5 Å². The summed E-state index contributed by atoms with van der Waals surface area (Å²) in [5.74, 6) is -0.231. The van der Waals surface area contributed by atoms with E-state index in [0.717, 1.165) is 5.56 Å². The maximum atomic E-state index is 13.4. The number of imidazole rings is 1. The monoisotopic (exact) mass is 775 g/mol. The number of esters is 1. The zero-order valence-corrected chi connectivity index (χ0v) is 32.5. The molecule has 16 nitrogen and oxygen atoms in total. The quantitative estimate of drug-likeness (QED) is 0.220. The lowest BCUT2D eigenvalue weighted by Gasteiger charge is -2.31. The topological polar surface area (TPSA) is 177 Å². The fourth-order valence-corrected chi connectivity index (χ4v) is 5.89. The number of aromatic nitrogens is 4. The van der Waals surface area contributed by atoms with E-state index >= 15 is 0 Å². The summed E-state index contributed by atoms with van der Waals surface area (Å²) in [6, 6.07) is 3.61. The van der Waals surface area contributed by atoms with Crippen LogP contribution in [0.4, 0.5) is 25.9 Å². The van der Waals surface area contributed by atoms with Crippen LogP contribution in [-0.4, -0.2) is 93.4 Å². The molecule has 1 fully saturated rings. The lowest BCUT2D eigenvalue weighted by atomic mass is 9.99. The van der Waals surface area contributed by atoms with Crippen LogP contribution >= 0.6 is 15.9 Å². The van der Waals surface area contributed by atoms with E-state index < -0.39 is 46.6 Å². The van der Waals surface area contributed by atoms with Gasteiger partial charge in [0.05, 0.1) is 39.3 Å². The van der Waals surface area contributed by atoms with Gasteiger partial charge in [-0.05, 0) is 74.4 Å². The number of nitrogens with zero attached hydrogens (tertiary/aromatic N) is 6. The van der Waals surface area contributed by atoms with Crippen molar-refractivity contribution in [3.05, 3.63) is 34.8 Å². The average molecular weight is 777 g/mol. The normalized spacial score (nSPS) is 16.4. The third kappa shape index (κ3) is 9.17. The summed E-state index contributed by atoms with van der Waals surface area (Å²) in [5, 5.41) is 2.76. The van der Waals surface area contributed by atoms with Crippen LogP contribution in [0.2, 0.25) is 0 Å². The number of carbonyl (C=O) groups excluding carboxylic acids is 4. The van der Waals surface area contributed by atoms with Gasteiger partial charge in [0.25, 0.3) is 0 Å². The molecule has 0 aliphatic carbocycles. The van der Waals surface area contributed by atoms with E-state index in [9.17, 15) is 19.2 Å². The molecule has 1 saturated heterocycles. The van der Waals surface area contributed by atoms with E-state index in [1.54, 1.807) is 72.9 Å². The van der Waals surface area contributed by atoms with Gasteiger partial charge in [0.15, 0.2) is 22.5 Å². The van der Waals surface area contributed by atoms with Crippen LogP contribution in [0.1, 0.15) is 74.3 Å². The molecule has 1 aliphatic rings. The van der Waals surface area contributed by atoms with Crippen LogP contribution in [0.25, 0.3) is 11.2 Å². The van der Waals surface area contributed by atoms with Crippen molar-refractivity contribution in [2.45, 2.75) is 97.6 Å².